The Labute approximate surface area is 150 Å². The fourth-order valence-electron chi connectivity index (χ4n) is 3.72. The maximum Gasteiger partial charge on any atom is 0.223 e. The van der Waals surface area contributed by atoms with Crippen molar-refractivity contribution in [1.29, 1.82) is 0 Å². The number of hydrogen-bond acceptors (Lipinski definition) is 4. The molecule has 1 saturated carbocycles. The van der Waals surface area contributed by atoms with Crippen molar-refractivity contribution in [2.24, 2.45) is 11.8 Å². The second-order valence-electron chi connectivity index (χ2n) is 7.31. The predicted octanol–water partition coefficient (Wildman–Crippen LogP) is 2.91. The van der Waals surface area contributed by atoms with E-state index >= 15 is 0 Å². The molecule has 0 radical (unpaired) electrons. The van der Waals surface area contributed by atoms with Crippen LogP contribution in [-0.2, 0) is 14.9 Å². The molecule has 1 heterocycles. The Kier molecular flexibility index (Phi) is 5.52. The number of benzene rings is 1. The molecule has 25 heavy (non-hydrogen) atoms. The highest BCUT2D eigenvalue weighted by atomic mass is 16.5. The Morgan fingerprint density at radius 2 is 1.92 bits per heavy atom. The topological polar surface area (TPSA) is 56.8 Å². The van der Waals surface area contributed by atoms with Gasteiger partial charge in [0.25, 0.3) is 0 Å². The average Bonchev–Trinajstić information content (AvgIpc) is 3.50. The minimum Gasteiger partial charge on any atom is -0.493 e. The lowest BCUT2D eigenvalue weighted by Crippen LogP contribution is -2.46. The highest BCUT2D eigenvalue weighted by Gasteiger charge is 2.37. The van der Waals surface area contributed by atoms with Gasteiger partial charge in [-0.1, -0.05) is 13.0 Å². The first-order chi connectivity index (χ1) is 12.1. The van der Waals surface area contributed by atoms with E-state index in [2.05, 4.69) is 11.4 Å². The van der Waals surface area contributed by atoms with E-state index in [-0.39, 0.29) is 17.2 Å². The molecule has 1 unspecified atom stereocenters. The molecule has 1 aliphatic heterocycles. The third-order valence-corrected chi connectivity index (χ3v) is 5.79. The number of hydrogen-bond donors (Lipinski definition) is 1. The van der Waals surface area contributed by atoms with Gasteiger partial charge in [-0.25, -0.2) is 0 Å². The molecule has 1 saturated heterocycles. The highest BCUT2D eigenvalue weighted by Crippen LogP contribution is 2.40. The standard InChI is InChI=1S/C20H29NO4/c1-14(15-4-5-15)19(22)21-13-20(8-10-25-11-9-20)16-6-7-17(23-2)18(12-16)24-3/h6-7,12,14-15H,4-5,8-11,13H2,1-3H3,(H,21,22). The SMILES string of the molecule is COc1ccc(C2(CNC(=O)C(C)C3CC3)CCOCC2)cc1OC. The Balaban J connectivity index is 1.79. The number of nitrogens with one attached hydrogen (secondary N) is 1. The van der Waals surface area contributed by atoms with Crippen molar-refractivity contribution in [2.45, 2.75) is 38.0 Å². The molecule has 2 fully saturated rings. The van der Waals surface area contributed by atoms with Crippen LogP contribution in [0.25, 0.3) is 0 Å². The summed E-state index contributed by atoms with van der Waals surface area (Å²) in [4.78, 5) is 12.5. The van der Waals surface area contributed by atoms with Gasteiger partial charge in [0.1, 0.15) is 0 Å². The van der Waals surface area contributed by atoms with E-state index in [0.717, 1.165) is 24.3 Å². The monoisotopic (exact) mass is 347 g/mol. The van der Waals surface area contributed by atoms with Crippen LogP contribution >= 0.6 is 0 Å². The third-order valence-electron chi connectivity index (χ3n) is 5.79. The van der Waals surface area contributed by atoms with Crippen molar-refractivity contribution in [3.05, 3.63) is 23.8 Å². The molecular formula is C20H29NO4. The zero-order valence-electron chi connectivity index (χ0n) is 15.5. The summed E-state index contributed by atoms with van der Waals surface area (Å²) in [5.41, 5.74) is 1.06. The van der Waals surface area contributed by atoms with Gasteiger partial charge < -0.3 is 19.5 Å². The highest BCUT2D eigenvalue weighted by molar-refractivity contribution is 5.79. The summed E-state index contributed by atoms with van der Waals surface area (Å²) in [6, 6.07) is 6.07. The Morgan fingerprint density at radius 1 is 1.24 bits per heavy atom. The second kappa shape index (κ2) is 7.65. The van der Waals surface area contributed by atoms with Crippen LogP contribution in [0.5, 0.6) is 11.5 Å². The molecular weight excluding hydrogens is 318 g/mol. The average molecular weight is 347 g/mol. The van der Waals surface area contributed by atoms with Gasteiger partial charge in [-0.15, -0.1) is 0 Å². The number of carbonyl (C=O) groups excluding carboxylic acids is 1. The number of rotatable bonds is 7. The normalized spacial score (nSPS) is 20.6. The van der Waals surface area contributed by atoms with Crippen LogP contribution in [0, 0.1) is 11.8 Å². The summed E-state index contributed by atoms with van der Waals surface area (Å²) in [6.07, 6.45) is 4.15. The predicted molar refractivity (Wildman–Crippen MR) is 96.2 cm³/mol. The van der Waals surface area contributed by atoms with Gasteiger partial charge in [0.15, 0.2) is 11.5 Å². The quantitative estimate of drug-likeness (QED) is 0.824. The molecule has 5 nitrogen and oxygen atoms in total. The number of amides is 1. The molecule has 138 valence electrons. The molecule has 3 rings (SSSR count). The molecule has 0 spiro atoms. The first-order valence-corrected chi connectivity index (χ1v) is 9.17. The van der Waals surface area contributed by atoms with Crippen LogP contribution in [0.3, 0.4) is 0 Å². The van der Waals surface area contributed by atoms with E-state index < -0.39 is 0 Å². The number of carbonyl (C=O) groups is 1. The van der Waals surface area contributed by atoms with Gasteiger partial charge in [-0.3, -0.25) is 4.79 Å². The molecule has 1 amide bonds. The number of methoxy groups -OCH3 is 2. The summed E-state index contributed by atoms with van der Waals surface area (Å²) >= 11 is 0. The Morgan fingerprint density at radius 3 is 2.52 bits per heavy atom. The molecule has 1 N–H and O–H groups in total. The van der Waals surface area contributed by atoms with Crippen molar-refractivity contribution in [2.75, 3.05) is 34.0 Å². The third kappa shape index (κ3) is 3.92. The maximum absolute atomic E-state index is 12.5. The van der Waals surface area contributed by atoms with Gasteiger partial charge >= 0.3 is 0 Å². The molecule has 0 aromatic heterocycles. The first-order valence-electron chi connectivity index (χ1n) is 9.17. The van der Waals surface area contributed by atoms with Crippen molar-refractivity contribution >= 4 is 5.91 Å². The van der Waals surface area contributed by atoms with Crippen LogP contribution in [0.1, 0.15) is 38.2 Å². The van der Waals surface area contributed by atoms with Crippen molar-refractivity contribution in [3.8, 4) is 11.5 Å². The molecule has 1 atom stereocenters. The molecule has 5 heteroatoms. The fourth-order valence-corrected chi connectivity index (χ4v) is 3.72. The molecule has 1 aromatic rings. The minimum atomic E-state index is -0.114. The molecule has 1 aromatic carbocycles. The largest absolute Gasteiger partial charge is 0.493 e. The van der Waals surface area contributed by atoms with E-state index in [9.17, 15) is 4.79 Å². The zero-order valence-corrected chi connectivity index (χ0v) is 15.5. The van der Waals surface area contributed by atoms with Gasteiger partial charge in [0.05, 0.1) is 14.2 Å². The van der Waals surface area contributed by atoms with Crippen LogP contribution in [0.4, 0.5) is 0 Å². The fraction of sp³-hybridized carbons (Fsp3) is 0.650. The molecule has 2 aliphatic rings. The van der Waals surface area contributed by atoms with Gasteiger partial charge in [-0.2, -0.15) is 0 Å². The lowest BCUT2D eigenvalue weighted by Gasteiger charge is -2.38. The van der Waals surface area contributed by atoms with Gasteiger partial charge in [0, 0.05) is 31.1 Å². The summed E-state index contributed by atoms with van der Waals surface area (Å²) in [5, 5.41) is 3.21. The number of ether oxygens (including phenoxy) is 3. The lowest BCUT2D eigenvalue weighted by atomic mass is 9.74. The van der Waals surface area contributed by atoms with Crippen molar-refractivity contribution in [3.63, 3.8) is 0 Å². The second-order valence-corrected chi connectivity index (χ2v) is 7.31. The molecule has 0 bridgehead atoms. The summed E-state index contributed by atoms with van der Waals surface area (Å²) in [7, 11) is 3.29. The summed E-state index contributed by atoms with van der Waals surface area (Å²) in [5.74, 6) is 2.31. The van der Waals surface area contributed by atoms with Crippen LogP contribution in [0.15, 0.2) is 18.2 Å². The van der Waals surface area contributed by atoms with Crippen molar-refractivity contribution in [1.82, 2.24) is 5.32 Å². The Hall–Kier alpha value is -1.75. The van der Waals surface area contributed by atoms with Gasteiger partial charge in [0.2, 0.25) is 5.91 Å². The zero-order chi connectivity index (χ0) is 17.9. The molecule has 1 aliphatic carbocycles. The van der Waals surface area contributed by atoms with Crippen LogP contribution in [-0.4, -0.2) is 39.9 Å². The van der Waals surface area contributed by atoms with Crippen LogP contribution in [0.2, 0.25) is 0 Å². The van der Waals surface area contributed by atoms with Crippen LogP contribution < -0.4 is 14.8 Å². The van der Waals surface area contributed by atoms with E-state index in [1.807, 2.05) is 19.1 Å². The van der Waals surface area contributed by atoms with E-state index in [4.69, 9.17) is 14.2 Å². The maximum atomic E-state index is 12.5. The minimum absolute atomic E-state index is 0.113. The lowest BCUT2D eigenvalue weighted by molar-refractivity contribution is -0.125. The first kappa shape index (κ1) is 18.1. The summed E-state index contributed by atoms with van der Waals surface area (Å²) < 4.78 is 16.4. The van der Waals surface area contributed by atoms with Gasteiger partial charge in [-0.05, 0) is 49.3 Å². The Bertz CT molecular complexity index is 606. The van der Waals surface area contributed by atoms with Crippen molar-refractivity contribution < 1.29 is 19.0 Å². The summed E-state index contributed by atoms with van der Waals surface area (Å²) in [6.45, 7) is 4.10. The van der Waals surface area contributed by atoms with E-state index in [1.165, 1.54) is 18.4 Å². The van der Waals surface area contributed by atoms with E-state index in [0.29, 0.717) is 25.7 Å². The van der Waals surface area contributed by atoms with E-state index in [1.54, 1.807) is 14.2 Å². The smallest absolute Gasteiger partial charge is 0.223 e.